The Morgan fingerprint density at radius 3 is 2.30 bits per heavy atom. The number of nitrogens with one attached hydrogen (secondary N) is 1. The van der Waals surface area contributed by atoms with E-state index in [1.807, 2.05) is 0 Å². The molecular weight excluding hydrogens is 267 g/mol. The van der Waals surface area contributed by atoms with E-state index in [4.69, 9.17) is 0 Å². The summed E-state index contributed by atoms with van der Waals surface area (Å²) in [4.78, 5) is 11.9. The molecule has 0 saturated heterocycles. The van der Waals surface area contributed by atoms with Crippen LogP contribution in [0.2, 0.25) is 0 Å². The van der Waals surface area contributed by atoms with Crippen molar-refractivity contribution in [2.24, 2.45) is 0 Å². The molecule has 0 bridgehead atoms. The molecule has 5 heteroatoms. The van der Waals surface area contributed by atoms with Crippen LogP contribution in [0.5, 0.6) is 0 Å². The monoisotopic (exact) mass is 279 g/mol. The third kappa shape index (κ3) is 2.99. The summed E-state index contributed by atoms with van der Waals surface area (Å²) in [5.41, 5.74) is 0.814. The lowest BCUT2D eigenvalue weighted by Crippen LogP contribution is -2.24. The van der Waals surface area contributed by atoms with Crippen molar-refractivity contribution in [3.63, 3.8) is 0 Å². The molecule has 0 aliphatic carbocycles. The zero-order valence-corrected chi connectivity index (χ0v) is 10.7. The lowest BCUT2D eigenvalue weighted by Gasteiger charge is -2.09. The van der Waals surface area contributed by atoms with Crippen LogP contribution in [0.15, 0.2) is 36.4 Å². The first kappa shape index (κ1) is 14.1. The number of hydrogen-bond donors (Lipinski definition) is 1. The SMILES string of the molecule is Cc1ccccc1C(=O)NCc1c(F)cc(F)cc1F. The highest BCUT2D eigenvalue weighted by molar-refractivity contribution is 5.95. The highest BCUT2D eigenvalue weighted by atomic mass is 19.1. The number of benzene rings is 2. The molecule has 2 nitrogen and oxygen atoms in total. The van der Waals surface area contributed by atoms with E-state index in [-0.39, 0.29) is 12.1 Å². The molecule has 0 aromatic heterocycles. The minimum atomic E-state index is -1.02. The predicted octanol–water partition coefficient (Wildman–Crippen LogP) is 3.34. The average Bonchev–Trinajstić information content (AvgIpc) is 2.37. The smallest absolute Gasteiger partial charge is 0.251 e. The van der Waals surface area contributed by atoms with Crippen molar-refractivity contribution in [3.8, 4) is 0 Å². The van der Waals surface area contributed by atoms with Gasteiger partial charge in [0.1, 0.15) is 17.5 Å². The van der Waals surface area contributed by atoms with Crippen LogP contribution in [-0.2, 0) is 6.54 Å². The molecule has 0 aliphatic rings. The summed E-state index contributed by atoms with van der Waals surface area (Å²) in [6, 6.07) is 8.01. The van der Waals surface area contributed by atoms with Crippen molar-refractivity contribution in [3.05, 3.63) is 70.5 Å². The summed E-state index contributed by atoms with van der Waals surface area (Å²) >= 11 is 0. The molecule has 2 aromatic carbocycles. The Bertz CT molecular complexity index is 632. The lowest BCUT2D eigenvalue weighted by atomic mass is 10.1. The van der Waals surface area contributed by atoms with Crippen LogP contribution >= 0.6 is 0 Å². The van der Waals surface area contributed by atoms with Gasteiger partial charge in [-0.25, -0.2) is 13.2 Å². The van der Waals surface area contributed by atoms with Gasteiger partial charge in [0.2, 0.25) is 0 Å². The predicted molar refractivity (Wildman–Crippen MR) is 68.7 cm³/mol. The molecule has 0 unspecified atom stereocenters. The third-order valence-corrected chi connectivity index (χ3v) is 2.92. The maximum atomic E-state index is 13.4. The van der Waals surface area contributed by atoms with Crippen molar-refractivity contribution in [2.45, 2.75) is 13.5 Å². The molecule has 104 valence electrons. The summed E-state index contributed by atoms with van der Waals surface area (Å²) in [5, 5.41) is 2.42. The van der Waals surface area contributed by atoms with Crippen LogP contribution in [0.4, 0.5) is 13.2 Å². The van der Waals surface area contributed by atoms with Gasteiger partial charge in [-0.3, -0.25) is 4.79 Å². The Kier molecular flexibility index (Phi) is 4.08. The van der Waals surface area contributed by atoms with E-state index >= 15 is 0 Å². The van der Waals surface area contributed by atoms with Crippen molar-refractivity contribution in [1.82, 2.24) is 5.32 Å². The van der Waals surface area contributed by atoms with Crippen molar-refractivity contribution in [1.29, 1.82) is 0 Å². The maximum absolute atomic E-state index is 13.4. The van der Waals surface area contributed by atoms with E-state index in [0.29, 0.717) is 17.7 Å². The van der Waals surface area contributed by atoms with Crippen LogP contribution < -0.4 is 5.32 Å². The van der Waals surface area contributed by atoms with Gasteiger partial charge in [0.25, 0.3) is 5.91 Å². The number of carbonyl (C=O) groups is 1. The third-order valence-electron chi connectivity index (χ3n) is 2.92. The number of amides is 1. The molecule has 2 rings (SSSR count). The van der Waals surface area contributed by atoms with Gasteiger partial charge in [-0.1, -0.05) is 18.2 Å². The second-order valence-electron chi connectivity index (χ2n) is 4.35. The molecule has 2 aromatic rings. The first-order valence-corrected chi connectivity index (χ1v) is 5.96. The Balaban J connectivity index is 2.14. The number of hydrogen-bond acceptors (Lipinski definition) is 1. The zero-order valence-electron chi connectivity index (χ0n) is 10.7. The van der Waals surface area contributed by atoms with Gasteiger partial charge in [-0.05, 0) is 18.6 Å². The molecule has 0 heterocycles. The van der Waals surface area contributed by atoms with E-state index in [1.54, 1.807) is 31.2 Å². The van der Waals surface area contributed by atoms with Gasteiger partial charge < -0.3 is 5.32 Å². The highest BCUT2D eigenvalue weighted by Gasteiger charge is 2.14. The van der Waals surface area contributed by atoms with E-state index in [1.165, 1.54) is 0 Å². The fraction of sp³-hybridized carbons (Fsp3) is 0.133. The molecule has 0 saturated carbocycles. The fourth-order valence-electron chi connectivity index (χ4n) is 1.83. The minimum Gasteiger partial charge on any atom is -0.348 e. The van der Waals surface area contributed by atoms with Crippen LogP contribution in [0, 0.1) is 24.4 Å². The van der Waals surface area contributed by atoms with Crippen LogP contribution in [0.3, 0.4) is 0 Å². The van der Waals surface area contributed by atoms with Gasteiger partial charge in [-0.15, -0.1) is 0 Å². The maximum Gasteiger partial charge on any atom is 0.251 e. The standard InChI is InChI=1S/C15H12F3NO/c1-9-4-2-3-5-11(9)15(20)19-8-12-13(17)6-10(16)7-14(12)18/h2-7H,8H2,1H3,(H,19,20). The average molecular weight is 279 g/mol. The molecule has 1 N–H and O–H groups in total. The fourth-order valence-corrected chi connectivity index (χ4v) is 1.83. The summed E-state index contributed by atoms with van der Waals surface area (Å²) in [5.74, 6) is -3.47. The van der Waals surface area contributed by atoms with Crippen LogP contribution in [0.25, 0.3) is 0 Å². The molecule has 20 heavy (non-hydrogen) atoms. The van der Waals surface area contributed by atoms with E-state index in [0.717, 1.165) is 5.56 Å². The highest BCUT2D eigenvalue weighted by Crippen LogP contribution is 2.15. The molecule has 0 atom stereocenters. The zero-order chi connectivity index (χ0) is 14.7. The molecule has 1 amide bonds. The molecule has 0 spiro atoms. The first-order chi connectivity index (χ1) is 9.49. The van der Waals surface area contributed by atoms with E-state index in [9.17, 15) is 18.0 Å². The van der Waals surface area contributed by atoms with Gasteiger partial charge in [-0.2, -0.15) is 0 Å². The topological polar surface area (TPSA) is 29.1 Å². The summed E-state index contributed by atoms with van der Waals surface area (Å²) in [7, 11) is 0. The normalized spacial score (nSPS) is 10.4. The summed E-state index contributed by atoms with van der Waals surface area (Å²) < 4.78 is 39.6. The molecular formula is C15H12F3NO. The van der Waals surface area contributed by atoms with Gasteiger partial charge in [0.05, 0.1) is 0 Å². The first-order valence-electron chi connectivity index (χ1n) is 5.96. The van der Waals surface area contributed by atoms with Gasteiger partial charge >= 0.3 is 0 Å². The van der Waals surface area contributed by atoms with E-state index < -0.39 is 23.4 Å². The summed E-state index contributed by atoms with van der Waals surface area (Å²) in [6.45, 7) is 1.42. The Labute approximate surface area is 114 Å². The number of halogens is 3. The largest absolute Gasteiger partial charge is 0.348 e. The second kappa shape index (κ2) is 5.77. The summed E-state index contributed by atoms with van der Waals surface area (Å²) in [6.07, 6.45) is 0. The van der Waals surface area contributed by atoms with Gasteiger partial charge in [0, 0.05) is 29.8 Å². The van der Waals surface area contributed by atoms with Crippen LogP contribution in [-0.4, -0.2) is 5.91 Å². The van der Waals surface area contributed by atoms with Crippen molar-refractivity contribution >= 4 is 5.91 Å². The van der Waals surface area contributed by atoms with Crippen molar-refractivity contribution in [2.75, 3.05) is 0 Å². The minimum absolute atomic E-state index is 0.342. The number of carbonyl (C=O) groups excluding carboxylic acids is 1. The Morgan fingerprint density at radius 2 is 1.70 bits per heavy atom. The van der Waals surface area contributed by atoms with Crippen molar-refractivity contribution < 1.29 is 18.0 Å². The Hall–Kier alpha value is -2.30. The second-order valence-corrected chi connectivity index (χ2v) is 4.35. The number of aryl methyl sites for hydroxylation is 1. The number of rotatable bonds is 3. The molecule has 0 fully saturated rings. The van der Waals surface area contributed by atoms with E-state index in [2.05, 4.69) is 5.32 Å². The molecule has 0 radical (unpaired) electrons. The van der Waals surface area contributed by atoms with Gasteiger partial charge in [0.15, 0.2) is 0 Å². The van der Waals surface area contributed by atoms with Crippen LogP contribution in [0.1, 0.15) is 21.5 Å². The quantitative estimate of drug-likeness (QED) is 0.917. The molecule has 0 aliphatic heterocycles. The Morgan fingerprint density at radius 1 is 1.10 bits per heavy atom. The lowest BCUT2D eigenvalue weighted by molar-refractivity contribution is 0.0949.